The highest BCUT2D eigenvalue weighted by atomic mass is 35.5. The van der Waals surface area contributed by atoms with Gasteiger partial charge in [0.15, 0.2) is 5.78 Å². The number of nitrogens with two attached hydrogens (primary N) is 1. The quantitative estimate of drug-likeness (QED) is 0.639. The molecule has 0 saturated heterocycles. The fourth-order valence-electron chi connectivity index (χ4n) is 2.51. The first-order chi connectivity index (χ1) is 12.7. The van der Waals surface area contributed by atoms with Gasteiger partial charge in [0, 0.05) is 24.7 Å². The van der Waals surface area contributed by atoms with E-state index in [-0.39, 0.29) is 11.4 Å². The molecule has 11 heteroatoms. The molecular weight excluding hydrogens is 374 g/mol. The summed E-state index contributed by atoms with van der Waals surface area (Å²) in [5.41, 5.74) is 4.81. The second kappa shape index (κ2) is 6.80. The summed E-state index contributed by atoms with van der Waals surface area (Å²) in [6.07, 6.45) is 0. The zero-order chi connectivity index (χ0) is 19.9. The van der Waals surface area contributed by atoms with E-state index in [4.69, 9.17) is 17.3 Å². The van der Waals surface area contributed by atoms with Crippen LogP contribution < -0.4 is 17.0 Å². The topological polar surface area (TPSA) is 131 Å². The number of halogens is 1. The van der Waals surface area contributed by atoms with Crippen LogP contribution in [0.5, 0.6) is 0 Å². The monoisotopic (exact) mass is 389 g/mol. The van der Waals surface area contributed by atoms with E-state index in [2.05, 4.69) is 15.4 Å². The van der Waals surface area contributed by atoms with E-state index in [0.29, 0.717) is 16.4 Å². The first-order valence-electron chi connectivity index (χ1n) is 7.87. The number of tetrazole rings is 1. The summed E-state index contributed by atoms with van der Waals surface area (Å²) in [4.78, 5) is 38.2. The number of carbonyl (C=O) groups is 1. The van der Waals surface area contributed by atoms with E-state index >= 15 is 0 Å². The number of aromatic nitrogens is 6. The van der Waals surface area contributed by atoms with Crippen molar-refractivity contribution in [1.29, 1.82) is 0 Å². The van der Waals surface area contributed by atoms with E-state index in [0.717, 1.165) is 13.9 Å². The number of rotatable bonds is 4. The van der Waals surface area contributed by atoms with Crippen molar-refractivity contribution in [2.75, 3.05) is 5.73 Å². The molecule has 3 aromatic rings. The number of benzene rings is 1. The highest BCUT2D eigenvalue weighted by molar-refractivity contribution is 6.30. The third kappa shape index (κ3) is 3.14. The maximum Gasteiger partial charge on any atom is 0.332 e. The Morgan fingerprint density at radius 1 is 1.15 bits per heavy atom. The zero-order valence-electron chi connectivity index (χ0n) is 14.8. The maximum absolute atomic E-state index is 12.8. The van der Waals surface area contributed by atoms with Gasteiger partial charge in [0.2, 0.25) is 5.82 Å². The van der Waals surface area contributed by atoms with Crippen molar-refractivity contribution >= 4 is 23.2 Å². The molecule has 0 spiro atoms. The highest BCUT2D eigenvalue weighted by Crippen LogP contribution is 2.19. The summed E-state index contributed by atoms with van der Waals surface area (Å²) in [6.45, 7) is 1.51. The van der Waals surface area contributed by atoms with E-state index in [1.165, 1.54) is 21.0 Å². The van der Waals surface area contributed by atoms with Crippen LogP contribution in [0.3, 0.4) is 0 Å². The van der Waals surface area contributed by atoms with Gasteiger partial charge in [0.25, 0.3) is 5.56 Å². The maximum atomic E-state index is 12.8. The molecular formula is C16H16ClN7O3. The Morgan fingerprint density at radius 3 is 2.41 bits per heavy atom. The second-order valence-electron chi connectivity index (χ2n) is 5.95. The molecule has 0 aliphatic heterocycles. The molecule has 0 amide bonds. The summed E-state index contributed by atoms with van der Waals surface area (Å²) < 4.78 is 1.86. The standard InChI is InChI=1S/C16H16ClN7O3/c1-8(12(25)11-13(18)22(2)16(27)23(3)15(11)26)24-20-14(19-21-24)9-4-6-10(17)7-5-9/h4-8H,18H2,1-3H3. The predicted octanol–water partition coefficient (Wildman–Crippen LogP) is 0.417. The van der Waals surface area contributed by atoms with Crippen LogP contribution in [0.1, 0.15) is 23.3 Å². The van der Waals surface area contributed by atoms with Crippen LogP contribution in [0.15, 0.2) is 33.9 Å². The molecule has 0 bridgehead atoms. The molecule has 27 heavy (non-hydrogen) atoms. The Kier molecular flexibility index (Phi) is 4.66. The number of ketones is 1. The Bertz CT molecular complexity index is 1140. The van der Waals surface area contributed by atoms with E-state index in [1.807, 2.05) is 0 Å². The van der Waals surface area contributed by atoms with Crippen LogP contribution in [-0.2, 0) is 14.1 Å². The third-order valence-electron chi connectivity index (χ3n) is 4.21. The van der Waals surface area contributed by atoms with Crippen LogP contribution in [0.4, 0.5) is 5.82 Å². The minimum atomic E-state index is -0.953. The van der Waals surface area contributed by atoms with Gasteiger partial charge in [-0.25, -0.2) is 4.79 Å². The van der Waals surface area contributed by atoms with Gasteiger partial charge in [0.1, 0.15) is 17.4 Å². The van der Waals surface area contributed by atoms with Gasteiger partial charge in [-0.05, 0) is 36.4 Å². The van der Waals surface area contributed by atoms with Crippen LogP contribution in [0.2, 0.25) is 5.02 Å². The lowest BCUT2D eigenvalue weighted by Gasteiger charge is -2.13. The average Bonchev–Trinajstić information content (AvgIpc) is 3.15. The van der Waals surface area contributed by atoms with Crippen molar-refractivity contribution in [2.24, 2.45) is 14.1 Å². The minimum Gasteiger partial charge on any atom is -0.384 e. The van der Waals surface area contributed by atoms with Gasteiger partial charge < -0.3 is 5.73 Å². The summed E-state index contributed by atoms with van der Waals surface area (Å²) in [6, 6.07) is 5.85. The van der Waals surface area contributed by atoms with Gasteiger partial charge in [0.05, 0.1) is 0 Å². The first kappa shape index (κ1) is 18.5. The number of anilines is 1. The molecule has 2 aromatic heterocycles. The fraction of sp³-hybridized carbons (Fsp3) is 0.250. The largest absolute Gasteiger partial charge is 0.384 e. The Hall–Kier alpha value is -3.27. The summed E-state index contributed by atoms with van der Waals surface area (Å²) in [7, 11) is 2.66. The SMILES string of the molecule is CC(C(=O)c1c(N)n(C)c(=O)n(C)c1=O)n1nnc(-c2ccc(Cl)cc2)n1. The number of Topliss-reactive ketones (excluding diaryl/α,β-unsaturated/α-hetero) is 1. The number of carbonyl (C=O) groups excluding carboxylic acids is 1. The summed E-state index contributed by atoms with van der Waals surface area (Å²) in [5, 5.41) is 12.6. The van der Waals surface area contributed by atoms with Gasteiger partial charge in [-0.2, -0.15) is 4.80 Å². The molecule has 1 aromatic carbocycles. The van der Waals surface area contributed by atoms with Crippen LogP contribution in [-0.4, -0.2) is 35.1 Å². The molecule has 2 N–H and O–H groups in total. The molecule has 0 aliphatic rings. The highest BCUT2D eigenvalue weighted by Gasteiger charge is 2.27. The lowest BCUT2D eigenvalue weighted by molar-refractivity contribution is 0.0916. The van der Waals surface area contributed by atoms with Crippen molar-refractivity contribution in [3.8, 4) is 11.4 Å². The number of nitrogen functional groups attached to an aromatic ring is 1. The van der Waals surface area contributed by atoms with Crippen LogP contribution >= 0.6 is 11.6 Å². The number of nitrogens with zero attached hydrogens (tertiary/aromatic N) is 6. The average molecular weight is 390 g/mol. The molecule has 0 radical (unpaired) electrons. The van der Waals surface area contributed by atoms with Crippen LogP contribution in [0.25, 0.3) is 11.4 Å². The third-order valence-corrected chi connectivity index (χ3v) is 4.46. The lowest BCUT2D eigenvalue weighted by Crippen LogP contribution is -2.42. The van der Waals surface area contributed by atoms with E-state index < -0.39 is 23.1 Å². The molecule has 1 unspecified atom stereocenters. The van der Waals surface area contributed by atoms with Crippen molar-refractivity contribution in [3.63, 3.8) is 0 Å². The smallest absolute Gasteiger partial charge is 0.332 e. The van der Waals surface area contributed by atoms with Crippen molar-refractivity contribution in [1.82, 2.24) is 29.3 Å². The first-order valence-corrected chi connectivity index (χ1v) is 8.25. The Balaban J connectivity index is 1.99. The zero-order valence-corrected chi connectivity index (χ0v) is 15.5. The van der Waals surface area contributed by atoms with Gasteiger partial charge >= 0.3 is 5.69 Å². The van der Waals surface area contributed by atoms with Crippen LogP contribution in [0, 0.1) is 0 Å². The van der Waals surface area contributed by atoms with E-state index in [9.17, 15) is 14.4 Å². The second-order valence-corrected chi connectivity index (χ2v) is 6.38. The Labute approximate surface area is 157 Å². The summed E-state index contributed by atoms with van der Waals surface area (Å²) >= 11 is 5.86. The van der Waals surface area contributed by atoms with Crippen molar-refractivity contribution in [3.05, 3.63) is 55.7 Å². The molecule has 0 fully saturated rings. The molecule has 0 saturated carbocycles. The molecule has 2 heterocycles. The molecule has 0 aliphatic carbocycles. The van der Waals surface area contributed by atoms with Crippen molar-refractivity contribution < 1.29 is 4.79 Å². The molecule has 3 rings (SSSR count). The van der Waals surface area contributed by atoms with Crippen molar-refractivity contribution in [2.45, 2.75) is 13.0 Å². The van der Waals surface area contributed by atoms with Gasteiger partial charge in [-0.15, -0.1) is 10.2 Å². The number of hydrogen-bond donors (Lipinski definition) is 1. The molecule has 1 atom stereocenters. The van der Waals surface area contributed by atoms with E-state index in [1.54, 1.807) is 24.3 Å². The Morgan fingerprint density at radius 2 is 1.78 bits per heavy atom. The molecule has 10 nitrogen and oxygen atoms in total. The normalized spacial score (nSPS) is 12.1. The molecule has 140 valence electrons. The fourth-order valence-corrected chi connectivity index (χ4v) is 2.63. The van der Waals surface area contributed by atoms with Gasteiger partial charge in [-0.1, -0.05) is 11.6 Å². The van der Waals surface area contributed by atoms with Gasteiger partial charge in [-0.3, -0.25) is 18.7 Å². The minimum absolute atomic E-state index is 0.210. The number of hydrogen-bond acceptors (Lipinski definition) is 7. The lowest BCUT2D eigenvalue weighted by atomic mass is 10.1. The summed E-state index contributed by atoms with van der Waals surface area (Å²) in [5.74, 6) is -0.533. The predicted molar refractivity (Wildman–Crippen MR) is 98.6 cm³/mol.